The van der Waals surface area contributed by atoms with Crippen LogP contribution in [0.3, 0.4) is 0 Å². The van der Waals surface area contributed by atoms with Gasteiger partial charge in [-0.25, -0.2) is 4.98 Å². The Morgan fingerprint density at radius 3 is 2.29 bits per heavy atom. The van der Waals surface area contributed by atoms with Crippen LogP contribution in [0.5, 0.6) is 0 Å². The van der Waals surface area contributed by atoms with Crippen LogP contribution in [-0.2, 0) is 9.59 Å². The van der Waals surface area contributed by atoms with E-state index in [4.69, 9.17) is 0 Å². The molecule has 0 aromatic carbocycles. The number of carboxylic acids is 1. The lowest BCUT2D eigenvalue weighted by atomic mass is 9.74. The number of aromatic nitrogens is 1. The van der Waals surface area contributed by atoms with Gasteiger partial charge in [0.1, 0.15) is 5.69 Å². The van der Waals surface area contributed by atoms with Gasteiger partial charge in [0.2, 0.25) is 5.91 Å². The van der Waals surface area contributed by atoms with Crippen molar-refractivity contribution < 1.29 is 19.5 Å². The molecule has 1 rings (SSSR count). The molecule has 116 valence electrons. The second-order valence-electron chi connectivity index (χ2n) is 5.73. The van der Waals surface area contributed by atoms with Crippen LogP contribution >= 0.6 is 11.3 Å². The number of carbonyl (C=O) groups excluding carboxylic acids is 2. The first-order valence-electron chi connectivity index (χ1n) is 6.26. The Morgan fingerprint density at radius 1 is 1.24 bits per heavy atom. The van der Waals surface area contributed by atoms with Gasteiger partial charge in [0.05, 0.1) is 11.0 Å². The second kappa shape index (κ2) is 5.80. The zero-order valence-corrected chi connectivity index (χ0v) is 13.4. The van der Waals surface area contributed by atoms with Crippen molar-refractivity contribution in [3.63, 3.8) is 0 Å². The number of carbonyl (C=O) groups is 3. The maximum Gasteiger partial charge on any atom is 0.311 e. The van der Waals surface area contributed by atoms with Crippen LogP contribution in [0.1, 0.15) is 45.1 Å². The average Bonchev–Trinajstić information content (AvgIpc) is 2.75. The number of aliphatic carboxylic acids is 1. The topological polar surface area (TPSA) is 108 Å². The number of amides is 2. The summed E-state index contributed by atoms with van der Waals surface area (Å²) >= 11 is 1.13. The van der Waals surface area contributed by atoms with Crippen LogP contribution in [-0.4, -0.2) is 33.4 Å². The molecule has 1 aromatic heterocycles. The predicted octanol–water partition coefficient (Wildman–Crippen LogP) is 1.72. The summed E-state index contributed by atoms with van der Waals surface area (Å²) in [5, 5.41) is 16.2. The van der Waals surface area contributed by atoms with Gasteiger partial charge in [-0.3, -0.25) is 14.4 Å². The average molecular weight is 313 g/mol. The molecular weight excluding hydrogens is 294 g/mol. The van der Waals surface area contributed by atoms with E-state index >= 15 is 0 Å². The van der Waals surface area contributed by atoms with E-state index in [1.165, 1.54) is 12.3 Å². The van der Waals surface area contributed by atoms with Gasteiger partial charge in [-0.05, 0) is 27.7 Å². The van der Waals surface area contributed by atoms with Gasteiger partial charge in [-0.1, -0.05) is 0 Å². The van der Waals surface area contributed by atoms with Crippen LogP contribution in [0, 0.1) is 5.41 Å². The Kier molecular flexibility index (Phi) is 4.72. The van der Waals surface area contributed by atoms with Crippen molar-refractivity contribution in [2.75, 3.05) is 5.32 Å². The molecule has 3 N–H and O–H groups in total. The highest BCUT2D eigenvalue weighted by Gasteiger charge is 2.44. The van der Waals surface area contributed by atoms with Crippen molar-refractivity contribution >= 4 is 34.3 Å². The third-order valence-corrected chi connectivity index (χ3v) is 4.30. The number of hydrogen-bond acceptors (Lipinski definition) is 5. The van der Waals surface area contributed by atoms with E-state index in [0.29, 0.717) is 5.13 Å². The quantitative estimate of drug-likeness (QED) is 0.767. The molecule has 1 aromatic rings. The smallest absolute Gasteiger partial charge is 0.311 e. The summed E-state index contributed by atoms with van der Waals surface area (Å²) in [5.74, 6) is -1.77. The molecule has 2 amide bonds. The first kappa shape index (κ1) is 17.1. The van der Waals surface area contributed by atoms with E-state index in [1.54, 1.807) is 27.7 Å². The van der Waals surface area contributed by atoms with E-state index in [1.807, 2.05) is 0 Å². The van der Waals surface area contributed by atoms with Crippen molar-refractivity contribution in [2.24, 2.45) is 5.41 Å². The van der Waals surface area contributed by atoms with Crippen molar-refractivity contribution in [2.45, 2.75) is 40.2 Å². The number of thiazole rings is 1. The molecule has 0 atom stereocenters. The molecule has 0 saturated carbocycles. The number of anilines is 1. The number of hydrogen-bond donors (Lipinski definition) is 3. The van der Waals surface area contributed by atoms with Crippen LogP contribution in [0.25, 0.3) is 0 Å². The lowest BCUT2D eigenvalue weighted by Gasteiger charge is -2.38. The molecule has 0 aliphatic rings. The monoisotopic (exact) mass is 313 g/mol. The van der Waals surface area contributed by atoms with Gasteiger partial charge in [0.15, 0.2) is 5.13 Å². The molecule has 0 bridgehead atoms. The van der Waals surface area contributed by atoms with Crippen molar-refractivity contribution in [3.05, 3.63) is 11.1 Å². The number of nitrogens with zero attached hydrogens (tertiary/aromatic N) is 1. The fourth-order valence-corrected chi connectivity index (χ4v) is 2.09. The molecule has 0 saturated heterocycles. The highest BCUT2D eigenvalue weighted by Crippen LogP contribution is 2.31. The van der Waals surface area contributed by atoms with E-state index in [9.17, 15) is 19.5 Å². The zero-order valence-electron chi connectivity index (χ0n) is 12.6. The van der Waals surface area contributed by atoms with Gasteiger partial charge in [0, 0.05) is 12.3 Å². The minimum absolute atomic E-state index is 0.137. The highest BCUT2D eigenvalue weighted by molar-refractivity contribution is 7.14. The molecule has 0 fully saturated rings. The Hall–Kier alpha value is -1.96. The summed E-state index contributed by atoms with van der Waals surface area (Å²) in [6.45, 7) is 7.71. The third kappa shape index (κ3) is 3.78. The molecule has 8 heteroatoms. The Balaban J connectivity index is 2.88. The summed E-state index contributed by atoms with van der Waals surface area (Å²) in [4.78, 5) is 38.4. The summed E-state index contributed by atoms with van der Waals surface area (Å²) in [5.41, 5.74) is -2.00. The number of carboxylic acid groups (broad SMARTS) is 1. The Labute approximate surface area is 126 Å². The van der Waals surface area contributed by atoms with Crippen LogP contribution in [0.15, 0.2) is 5.38 Å². The van der Waals surface area contributed by atoms with Crippen molar-refractivity contribution in [3.8, 4) is 0 Å². The highest BCUT2D eigenvalue weighted by atomic mass is 32.1. The lowest BCUT2D eigenvalue weighted by molar-refractivity contribution is -0.150. The van der Waals surface area contributed by atoms with Crippen molar-refractivity contribution in [1.82, 2.24) is 10.3 Å². The molecular formula is C13H19N3O4S. The largest absolute Gasteiger partial charge is 0.481 e. The minimum Gasteiger partial charge on any atom is -0.481 e. The van der Waals surface area contributed by atoms with Crippen LogP contribution in [0.2, 0.25) is 0 Å². The predicted molar refractivity (Wildman–Crippen MR) is 79.4 cm³/mol. The number of nitrogens with one attached hydrogen (secondary N) is 2. The molecule has 1 heterocycles. The molecule has 0 aliphatic carbocycles. The van der Waals surface area contributed by atoms with Crippen LogP contribution < -0.4 is 10.6 Å². The Morgan fingerprint density at radius 2 is 1.81 bits per heavy atom. The first-order valence-corrected chi connectivity index (χ1v) is 7.14. The first-order chi connectivity index (χ1) is 9.47. The van der Waals surface area contributed by atoms with Crippen LogP contribution in [0.4, 0.5) is 5.13 Å². The summed E-state index contributed by atoms with van der Waals surface area (Å²) in [6.07, 6.45) is 0. The van der Waals surface area contributed by atoms with Gasteiger partial charge in [-0.2, -0.15) is 0 Å². The van der Waals surface area contributed by atoms with Crippen molar-refractivity contribution in [1.29, 1.82) is 0 Å². The third-order valence-electron chi connectivity index (χ3n) is 3.54. The molecule has 7 nitrogen and oxygen atoms in total. The minimum atomic E-state index is -1.15. The summed E-state index contributed by atoms with van der Waals surface area (Å²) in [7, 11) is 0. The summed E-state index contributed by atoms with van der Waals surface area (Å²) in [6, 6.07) is 0. The molecule has 0 aliphatic heterocycles. The van der Waals surface area contributed by atoms with E-state index in [2.05, 4.69) is 15.6 Å². The lowest BCUT2D eigenvalue weighted by Crippen LogP contribution is -2.57. The number of rotatable bonds is 5. The Bertz CT molecular complexity index is 578. The van der Waals surface area contributed by atoms with Gasteiger partial charge < -0.3 is 15.7 Å². The van der Waals surface area contributed by atoms with E-state index in [-0.39, 0.29) is 11.6 Å². The fraction of sp³-hybridized carbons (Fsp3) is 0.538. The van der Waals surface area contributed by atoms with Gasteiger partial charge in [0.25, 0.3) is 5.91 Å². The maximum absolute atomic E-state index is 12.2. The molecule has 0 radical (unpaired) electrons. The maximum atomic E-state index is 12.2. The van der Waals surface area contributed by atoms with Gasteiger partial charge in [-0.15, -0.1) is 11.3 Å². The van der Waals surface area contributed by atoms with E-state index < -0.39 is 22.8 Å². The normalized spacial score (nSPS) is 11.9. The fourth-order valence-electron chi connectivity index (χ4n) is 1.36. The zero-order chi connectivity index (χ0) is 16.4. The SMILES string of the molecule is CC(=O)Nc1nc(C(=O)NC(C)(C)C(C)(C)C(=O)O)cs1. The second-order valence-corrected chi connectivity index (χ2v) is 6.59. The summed E-state index contributed by atoms with van der Waals surface area (Å²) < 4.78 is 0. The molecule has 0 unspecified atom stereocenters. The molecule has 21 heavy (non-hydrogen) atoms. The van der Waals surface area contributed by atoms with Gasteiger partial charge >= 0.3 is 5.97 Å². The van der Waals surface area contributed by atoms with E-state index in [0.717, 1.165) is 11.3 Å². The molecule has 0 spiro atoms. The standard InChI is InChI=1S/C13H19N3O4S/c1-7(17)14-11-15-8(6-21-11)9(18)16-13(4,5)12(2,3)10(19)20/h6H,1-5H3,(H,16,18)(H,19,20)(H,14,15,17).